The summed E-state index contributed by atoms with van der Waals surface area (Å²) in [5.74, 6) is -1.84. The summed E-state index contributed by atoms with van der Waals surface area (Å²) in [4.78, 5) is 23.1. The molecule has 2 aromatic carbocycles. The molecule has 0 aromatic heterocycles. The molecule has 8 heteroatoms. The molecule has 0 saturated carbocycles. The third-order valence-electron chi connectivity index (χ3n) is 4.56. The topological polar surface area (TPSA) is 99.5 Å². The lowest BCUT2D eigenvalue weighted by Crippen LogP contribution is -2.46. The van der Waals surface area contributed by atoms with E-state index >= 15 is 0 Å². The van der Waals surface area contributed by atoms with Crippen molar-refractivity contribution in [3.8, 4) is 11.5 Å². The molecule has 3 rings (SSSR count). The zero-order chi connectivity index (χ0) is 21.2. The van der Waals surface area contributed by atoms with Crippen LogP contribution in [0.15, 0.2) is 48.5 Å². The summed E-state index contributed by atoms with van der Waals surface area (Å²) in [6.07, 6.45) is 0. The van der Waals surface area contributed by atoms with Crippen molar-refractivity contribution >= 4 is 17.6 Å². The van der Waals surface area contributed by atoms with Gasteiger partial charge in [0, 0.05) is 44.0 Å². The first-order valence-electron chi connectivity index (χ1n) is 9.14. The van der Waals surface area contributed by atoms with E-state index in [0.29, 0.717) is 0 Å². The quantitative estimate of drug-likeness (QED) is 0.735. The van der Waals surface area contributed by atoms with E-state index in [1.165, 1.54) is 11.3 Å². The van der Waals surface area contributed by atoms with Gasteiger partial charge in [0.05, 0.1) is 14.2 Å². The average Bonchev–Trinajstić information content (AvgIpc) is 2.75. The number of methoxy groups -OCH3 is 2. The lowest BCUT2D eigenvalue weighted by molar-refractivity contribution is -0.159. The van der Waals surface area contributed by atoms with Crippen molar-refractivity contribution in [1.29, 1.82) is 0 Å². The Balaban J connectivity index is 0.000000438. The fraction of sp³-hybridized carbons (Fsp3) is 0.333. The van der Waals surface area contributed by atoms with Crippen LogP contribution >= 0.6 is 0 Å². The zero-order valence-electron chi connectivity index (χ0n) is 16.6. The highest BCUT2D eigenvalue weighted by Gasteiger charge is 2.18. The smallest absolute Gasteiger partial charge is 0.414 e. The fourth-order valence-electron chi connectivity index (χ4n) is 3.05. The van der Waals surface area contributed by atoms with E-state index in [0.717, 1.165) is 44.2 Å². The highest BCUT2D eigenvalue weighted by Crippen LogP contribution is 2.26. The average molecular weight is 402 g/mol. The van der Waals surface area contributed by atoms with Crippen molar-refractivity contribution in [3.05, 3.63) is 54.1 Å². The van der Waals surface area contributed by atoms with Crippen LogP contribution in [0.3, 0.4) is 0 Å². The summed E-state index contributed by atoms with van der Waals surface area (Å²) in [7, 11) is 3.42. The largest absolute Gasteiger partial charge is 0.497 e. The maximum absolute atomic E-state index is 9.10. The number of aliphatic carboxylic acids is 2. The molecule has 2 aromatic rings. The molecule has 0 unspecified atom stereocenters. The van der Waals surface area contributed by atoms with E-state index < -0.39 is 11.9 Å². The molecular weight excluding hydrogens is 376 g/mol. The Morgan fingerprint density at radius 2 is 1.52 bits per heavy atom. The summed E-state index contributed by atoms with van der Waals surface area (Å²) in [5, 5.41) is 14.8. The van der Waals surface area contributed by atoms with Gasteiger partial charge < -0.3 is 24.6 Å². The summed E-state index contributed by atoms with van der Waals surface area (Å²) >= 11 is 0. The Morgan fingerprint density at radius 1 is 0.897 bits per heavy atom. The van der Waals surface area contributed by atoms with Crippen LogP contribution in [0.5, 0.6) is 11.5 Å². The van der Waals surface area contributed by atoms with Gasteiger partial charge in [0.2, 0.25) is 0 Å². The number of piperazine rings is 1. The molecule has 0 aliphatic carbocycles. The van der Waals surface area contributed by atoms with Crippen molar-refractivity contribution < 1.29 is 29.3 Å². The van der Waals surface area contributed by atoms with Gasteiger partial charge in [-0.2, -0.15) is 0 Å². The van der Waals surface area contributed by atoms with Crippen LogP contribution in [0.4, 0.5) is 5.69 Å². The standard InChI is InChI=1S/C19H24N2O2.C2H2O4/c1-22-18-8-9-19(23-2)16(14-18)15-20-10-12-21(13-11-20)17-6-4-3-5-7-17;3-1(4)2(5)6/h3-9,14H,10-13,15H2,1-2H3;(H,3,4)(H,5,6). The Morgan fingerprint density at radius 3 is 2.03 bits per heavy atom. The van der Waals surface area contributed by atoms with Crippen LogP contribution in [0.25, 0.3) is 0 Å². The van der Waals surface area contributed by atoms with Gasteiger partial charge in [-0.3, -0.25) is 4.90 Å². The van der Waals surface area contributed by atoms with Crippen molar-refractivity contribution in [2.75, 3.05) is 45.3 Å². The Kier molecular flexibility index (Phi) is 8.29. The van der Waals surface area contributed by atoms with E-state index in [4.69, 9.17) is 29.3 Å². The number of nitrogens with zero attached hydrogens (tertiary/aromatic N) is 2. The van der Waals surface area contributed by atoms with Crippen LogP contribution in [-0.2, 0) is 16.1 Å². The van der Waals surface area contributed by atoms with Gasteiger partial charge in [0.15, 0.2) is 0 Å². The predicted molar refractivity (Wildman–Crippen MR) is 109 cm³/mol. The molecule has 8 nitrogen and oxygen atoms in total. The molecule has 29 heavy (non-hydrogen) atoms. The third-order valence-corrected chi connectivity index (χ3v) is 4.56. The van der Waals surface area contributed by atoms with E-state index in [9.17, 15) is 0 Å². The lowest BCUT2D eigenvalue weighted by Gasteiger charge is -2.36. The normalized spacial score (nSPS) is 13.8. The Labute approximate surface area is 169 Å². The second-order valence-corrected chi connectivity index (χ2v) is 6.39. The Bertz CT molecular complexity index is 792. The van der Waals surface area contributed by atoms with E-state index in [1.807, 2.05) is 12.1 Å². The minimum absolute atomic E-state index is 0.878. The van der Waals surface area contributed by atoms with Gasteiger partial charge in [-0.25, -0.2) is 9.59 Å². The number of ether oxygens (including phenoxy) is 2. The molecule has 0 amide bonds. The molecule has 1 aliphatic heterocycles. The van der Waals surface area contributed by atoms with Gasteiger partial charge in [0.1, 0.15) is 11.5 Å². The van der Waals surface area contributed by atoms with Gasteiger partial charge in [-0.15, -0.1) is 0 Å². The third kappa shape index (κ3) is 6.69. The summed E-state index contributed by atoms with van der Waals surface area (Å²) < 4.78 is 10.8. The predicted octanol–water partition coefficient (Wildman–Crippen LogP) is 2.18. The number of carbonyl (C=O) groups is 2. The zero-order valence-corrected chi connectivity index (χ0v) is 16.6. The van der Waals surface area contributed by atoms with Gasteiger partial charge in [-0.1, -0.05) is 18.2 Å². The number of carboxylic acid groups (broad SMARTS) is 2. The minimum Gasteiger partial charge on any atom is -0.497 e. The van der Waals surface area contributed by atoms with Gasteiger partial charge >= 0.3 is 11.9 Å². The number of carboxylic acids is 2. The molecule has 0 spiro atoms. The van der Waals surface area contributed by atoms with Crippen LogP contribution in [0.1, 0.15) is 5.56 Å². The van der Waals surface area contributed by atoms with Crippen LogP contribution in [-0.4, -0.2) is 67.5 Å². The monoisotopic (exact) mass is 402 g/mol. The molecule has 0 bridgehead atoms. The number of para-hydroxylation sites is 1. The number of hydrogen-bond acceptors (Lipinski definition) is 6. The second kappa shape index (κ2) is 10.9. The van der Waals surface area contributed by atoms with Crippen LogP contribution in [0, 0.1) is 0 Å². The minimum atomic E-state index is -1.82. The van der Waals surface area contributed by atoms with Gasteiger partial charge in [0.25, 0.3) is 0 Å². The summed E-state index contributed by atoms with van der Waals surface area (Å²) in [6, 6.07) is 16.6. The fourth-order valence-corrected chi connectivity index (χ4v) is 3.05. The molecule has 1 heterocycles. The molecule has 0 radical (unpaired) electrons. The van der Waals surface area contributed by atoms with Crippen molar-refractivity contribution in [3.63, 3.8) is 0 Å². The van der Waals surface area contributed by atoms with Crippen LogP contribution in [0.2, 0.25) is 0 Å². The molecule has 1 saturated heterocycles. The first-order valence-corrected chi connectivity index (χ1v) is 9.14. The highest BCUT2D eigenvalue weighted by atomic mass is 16.5. The molecule has 156 valence electrons. The number of hydrogen-bond donors (Lipinski definition) is 2. The Hall–Kier alpha value is -3.26. The van der Waals surface area contributed by atoms with E-state index in [2.05, 4.69) is 46.2 Å². The number of rotatable bonds is 5. The second-order valence-electron chi connectivity index (χ2n) is 6.39. The van der Waals surface area contributed by atoms with Crippen molar-refractivity contribution in [2.45, 2.75) is 6.54 Å². The highest BCUT2D eigenvalue weighted by molar-refractivity contribution is 6.27. The maximum atomic E-state index is 9.10. The number of benzene rings is 2. The first kappa shape index (κ1) is 22.0. The first-order chi connectivity index (χ1) is 13.9. The molecule has 0 atom stereocenters. The van der Waals surface area contributed by atoms with Crippen molar-refractivity contribution in [1.82, 2.24) is 4.90 Å². The molecule has 1 fully saturated rings. The number of anilines is 1. The molecular formula is C21H26N2O6. The maximum Gasteiger partial charge on any atom is 0.414 e. The molecule has 2 N–H and O–H groups in total. The van der Waals surface area contributed by atoms with Gasteiger partial charge in [-0.05, 0) is 30.3 Å². The van der Waals surface area contributed by atoms with Crippen molar-refractivity contribution in [2.24, 2.45) is 0 Å². The van der Waals surface area contributed by atoms with E-state index in [1.54, 1.807) is 14.2 Å². The molecule has 1 aliphatic rings. The summed E-state index contributed by atoms with van der Waals surface area (Å²) in [5.41, 5.74) is 2.49. The lowest BCUT2D eigenvalue weighted by atomic mass is 10.1. The SMILES string of the molecule is COc1ccc(OC)c(CN2CCN(c3ccccc3)CC2)c1.O=C(O)C(=O)O. The summed E-state index contributed by atoms with van der Waals surface area (Å²) in [6.45, 7) is 5.10. The van der Waals surface area contributed by atoms with Crippen LogP contribution < -0.4 is 14.4 Å². The van der Waals surface area contributed by atoms with E-state index in [-0.39, 0.29) is 0 Å².